The number of rotatable bonds is 5. The molecule has 0 atom stereocenters. The summed E-state index contributed by atoms with van der Waals surface area (Å²) < 4.78 is 0. The minimum Gasteiger partial charge on any atom is -0.350 e. The highest BCUT2D eigenvalue weighted by Crippen LogP contribution is 2.00. The Morgan fingerprint density at radius 2 is 2.27 bits per heavy atom. The quantitative estimate of drug-likeness (QED) is 0.746. The minimum atomic E-state index is 0.0450. The van der Waals surface area contributed by atoms with Gasteiger partial charge in [-0.2, -0.15) is 0 Å². The Hall–Kier alpha value is -1.64. The van der Waals surface area contributed by atoms with Crippen LogP contribution in [0.25, 0.3) is 0 Å². The van der Waals surface area contributed by atoms with Gasteiger partial charge in [0.1, 0.15) is 0 Å². The monoisotopic (exact) mass is 204 g/mol. The zero-order valence-electron chi connectivity index (χ0n) is 8.99. The molecule has 3 nitrogen and oxygen atoms in total. The van der Waals surface area contributed by atoms with E-state index in [0.717, 1.165) is 17.7 Å². The molecule has 80 valence electrons. The standard InChI is InChI=1S/C12H16N2O/c1-10(2)6-7-12(15)14-9-11-5-3-4-8-13-11/h3-5,8H,1,6-7,9H2,2H3,(H,14,15). The number of pyridine rings is 1. The lowest BCUT2D eigenvalue weighted by molar-refractivity contribution is -0.121. The highest BCUT2D eigenvalue weighted by molar-refractivity contribution is 5.76. The van der Waals surface area contributed by atoms with Crippen LogP contribution in [0.15, 0.2) is 36.5 Å². The lowest BCUT2D eigenvalue weighted by atomic mass is 10.2. The Morgan fingerprint density at radius 1 is 1.47 bits per heavy atom. The van der Waals surface area contributed by atoms with Crippen molar-refractivity contribution in [3.63, 3.8) is 0 Å². The fraction of sp³-hybridized carbons (Fsp3) is 0.333. The Bertz CT molecular complexity index is 333. The topological polar surface area (TPSA) is 42.0 Å². The van der Waals surface area contributed by atoms with Crippen molar-refractivity contribution in [1.29, 1.82) is 0 Å². The van der Waals surface area contributed by atoms with Crippen LogP contribution in [0.2, 0.25) is 0 Å². The Labute approximate surface area is 90.2 Å². The molecule has 3 heteroatoms. The Kier molecular flexibility index (Phi) is 4.54. The summed E-state index contributed by atoms with van der Waals surface area (Å²) in [6.45, 7) is 6.17. The number of nitrogens with zero attached hydrogens (tertiary/aromatic N) is 1. The average Bonchev–Trinajstić information content (AvgIpc) is 2.25. The third-order valence-electron chi connectivity index (χ3n) is 1.97. The van der Waals surface area contributed by atoms with Gasteiger partial charge in [-0.1, -0.05) is 11.6 Å². The van der Waals surface area contributed by atoms with Gasteiger partial charge in [0.2, 0.25) is 5.91 Å². The van der Waals surface area contributed by atoms with E-state index in [-0.39, 0.29) is 5.91 Å². The average molecular weight is 204 g/mol. The zero-order valence-corrected chi connectivity index (χ0v) is 8.99. The summed E-state index contributed by atoms with van der Waals surface area (Å²) in [5.41, 5.74) is 1.91. The van der Waals surface area contributed by atoms with Gasteiger partial charge in [0.05, 0.1) is 12.2 Å². The molecule has 0 aliphatic heterocycles. The molecule has 1 heterocycles. The van der Waals surface area contributed by atoms with Crippen molar-refractivity contribution in [2.24, 2.45) is 0 Å². The molecule has 1 amide bonds. The van der Waals surface area contributed by atoms with Crippen LogP contribution >= 0.6 is 0 Å². The summed E-state index contributed by atoms with van der Waals surface area (Å²) in [5.74, 6) is 0.0450. The van der Waals surface area contributed by atoms with Crippen LogP contribution < -0.4 is 5.32 Å². The van der Waals surface area contributed by atoms with Crippen molar-refractivity contribution in [2.75, 3.05) is 0 Å². The molecule has 15 heavy (non-hydrogen) atoms. The van der Waals surface area contributed by atoms with E-state index in [4.69, 9.17) is 0 Å². The number of amides is 1. The van der Waals surface area contributed by atoms with Crippen molar-refractivity contribution in [2.45, 2.75) is 26.3 Å². The first-order chi connectivity index (χ1) is 7.18. The van der Waals surface area contributed by atoms with Gasteiger partial charge in [0.15, 0.2) is 0 Å². The van der Waals surface area contributed by atoms with Gasteiger partial charge in [0.25, 0.3) is 0 Å². The van der Waals surface area contributed by atoms with E-state index in [2.05, 4.69) is 16.9 Å². The summed E-state index contributed by atoms with van der Waals surface area (Å²) >= 11 is 0. The van der Waals surface area contributed by atoms with Gasteiger partial charge >= 0.3 is 0 Å². The molecule has 0 fully saturated rings. The molecule has 0 unspecified atom stereocenters. The number of allylic oxidation sites excluding steroid dienone is 1. The lowest BCUT2D eigenvalue weighted by Crippen LogP contribution is -2.22. The number of nitrogens with one attached hydrogen (secondary N) is 1. The highest BCUT2D eigenvalue weighted by Gasteiger charge is 2.01. The van der Waals surface area contributed by atoms with Gasteiger partial charge in [-0.05, 0) is 25.5 Å². The third kappa shape index (κ3) is 4.96. The van der Waals surface area contributed by atoms with E-state index in [1.54, 1.807) is 6.20 Å². The first-order valence-corrected chi connectivity index (χ1v) is 4.99. The molecular formula is C12H16N2O. The summed E-state index contributed by atoms with van der Waals surface area (Å²) in [6.07, 6.45) is 2.96. The Balaban J connectivity index is 2.26. The van der Waals surface area contributed by atoms with Crippen molar-refractivity contribution in [3.05, 3.63) is 42.2 Å². The lowest BCUT2D eigenvalue weighted by Gasteiger charge is -2.04. The molecule has 0 saturated heterocycles. The third-order valence-corrected chi connectivity index (χ3v) is 1.97. The molecule has 0 spiro atoms. The van der Waals surface area contributed by atoms with E-state index < -0.39 is 0 Å². The smallest absolute Gasteiger partial charge is 0.220 e. The van der Waals surface area contributed by atoms with E-state index in [9.17, 15) is 4.79 Å². The van der Waals surface area contributed by atoms with Gasteiger partial charge in [-0.3, -0.25) is 9.78 Å². The number of hydrogen-bond donors (Lipinski definition) is 1. The second kappa shape index (κ2) is 5.96. The second-order valence-electron chi connectivity index (χ2n) is 3.55. The van der Waals surface area contributed by atoms with Crippen LogP contribution in [0.5, 0.6) is 0 Å². The molecule has 1 aromatic rings. The van der Waals surface area contributed by atoms with Crippen molar-refractivity contribution in [3.8, 4) is 0 Å². The van der Waals surface area contributed by atoms with Crippen LogP contribution in [-0.2, 0) is 11.3 Å². The van der Waals surface area contributed by atoms with Crippen LogP contribution in [0.3, 0.4) is 0 Å². The SMILES string of the molecule is C=C(C)CCC(=O)NCc1ccccn1. The van der Waals surface area contributed by atoms with Crippen LogP contribution in [0.4, 0.5) is 0 Å². The number of carbonyl (C=O) groups is 1. The second-order valence-corrected chi connectivity index (χ2v) is 3.55. The van der Waals surface area contributed by atoms with E-state index in [1.165, 1.54) is 0 Å². The summed E-state index contributed by atoms with van der Waals surface area (Å²) in [4.78, 5) is 15.5. The number of hydrogen-bond acceptors (Lipinski definition) is 2. The maximum absolute atomic E-state index is 11.3. The number of carbonyl (C=O) groups excluding carboxylic acids is 1. The fourth-order valence-corrected chi connectivity index (χ4v) is 1.11. The van der Waals surface area contributed by atoms with Crippen molar-refractivity contribution < 1.29 is 4.79 Å². The largest absolute Gasteiger partial charge is 0.350 e. The van der Waals surface area contributed by atoms with Gasteiger partial charge in [-0.15, -0.1) is 6.58 Å². The van der Waals surface area contributed by atoms with E-state index >= 15 is 0 Å². The Morgan fingerprint density at radius 3 is 2.87 bits per heavy atom. The first kappa shape index (κ1) is 11.4. The van der Waals surface area contributed by atoms with Crippen molar-refractivity contribution in [1.82, 2.24) is 10.3 Å². The first-order valence-electron chi connectivity index (χ1n) is 4.99. The molecule has 0 aliphatic rings. The highest BCUT2D eigenvalue weighted by atomic mass is 16.1. The summed E-state index contributed by atoms with van der Waals surface area (Å²) in [5, 5.41) is 2.81. The van der Waals surface area contributed by atoms with Crippen LogP contribution in [0.1, 0.15) is 25.5 Å². The normalized spacial score (nSPS) is 9.67. The molecule has 0 radical (unpaired) electrons. The molecular weight excluding hydrogens is 188 g/mol. The van der Waals surface area contributed by atoms with E-state index in [1.807, 2.05) is 25.1 Å². The summed E-state index contributed by atoms with van der Waals surface area (Å²) in [7, 11) is 0. The zero-order chi connectivity index (χ0) is 11.1. The van der Waals surface area contributed by atoms with Gasteiger partial charge in [0, 0.05) is 12.6 Å². The van der Waals surface area contributed by atoms with Crippen LogP contribution in [0, 0.1) is 0 Å². The number of aromatic nitrogens is 1. The molecule has 0 aromatic carbocycles. The predicted octanol–water partition coefficient (Wildman–Crippen LogP) is 2.05. The maximum Gasteiger partial charge on any atom is 0.220 e. The molecule has 0 saturated carbocycles. The minimum absolute atomic E-state index is 0.0450. The van der Waals surface area contributed by atoms with Crippen molar-refractivity contribution >= 4 is 5.91 Å². The predicted molar refractivity (Wildman–Crippen MR) is 60.1 cm³/mol. The molecule has 1 rings (SSSR count). The molecule has 1 N–H and O–H groups in total. The fourth-order valence-electron chi connectivity index (χ4n) is 1.11. The van der Waals surface area contributed by atoms with Crippen LogP contribution in [-0.4, -0.2) is 10.9 Å². The van der Waals surface area contributed by atoms with Gasteiger partial charge in [-0.25, -0.2) is 0 Å². The van der Waals surface area contributed by atoms with Gasteiger partial charge < -0.3 is 5.32 Å². The maximum atomic E-state index is 11.3. The summed E-state index contributed by atoms with van der Waals surface area (Å²) in [6, 6.07) is 5.65. The molecule has 0 bridgehead atoms. The van der Waals surface area contributed by atoms with E-state index in [0.29, 0.717) is 13.0 Å². The molecule has 0 aliphatic carbocycles. The molecule has 1 aromatic heterocycles.